The molecule has 3 heteroatoms. The van der Waals surface area contributed by atoms with Crippen molar-refractivity contribution in [1.82, 2.24) is 5.32 Å². The highest BCUT2D eigenvalue weighted by atomic mass is 79.9. The van der Waals surface area contributed by atoms with Crippen LogP contribution in [-0.4, -0.2) is 19.1 Å². The summed E-state index contributed by atoms with van der Waals surface area (Å²) < 4.78 is 0. The number of allylic oxidation sites excluding steroid dienone is 1. The van der Waals surface area contributed by atoms with E-state index in [0.29, 0.717) is 4.95 Å². The van der Waals surface area contributed by atoms with Gasteiger partial charge in [0, 0.05) is 6.04 Å². The number of nitrogens with one attached hydrogen (secondary N) is 1. The van der Waals surface area contributed by atoms with E-state index in [9.17, 15) is 0 Å². The van der Waals surface area contributed by atoms with E-state index in [-0.39, 0.29) is 0 Å². The van der Waals surface area contributed by atoms with Gasteiger partial charge in [-0.15, -0.1) is 0 Å². The molecular formula is C25H36BrNSi. The standard InChI is InChI=1S/C25H36BrNSi/c1-15-11-21-16(2)20-9-10-24(26)27-23(20)14-22(21)25(15)28(3,4)19-12-17-7-5-6-8-18(17)13-19/h5-8,12,15-16,20-25,27H,9-11,13-14H2,1-4H3. The van der Waals surface area contributed by atoms with Crippen LogP contribution in [0, 0.1) is 29.6 Å². The van der Waals surface area contributed by atoms with Crippen molar-refractivity contribution in [3.63, 3.8) is 0 Å². The molecule has 28 heavy (non-hydrogen) atoms. The molecule has 0 radical (unpaired) electrons. The zero-order chi connectivity index (χ0) is 19.6. The summed E-state index contributed by atoms with van der Waals surface area (Å²) in [7, 11) is -1.49. The maximum absolute atomic E-state index is 3.95. The SMILES string of the molecule is CC1CC2C(C)C3CCC(Br)NC3CC2C1[Si](C)(C)C1=Cc2ccccc2C1. The molecule has 152 valence electrons. The maximum Gasteiger partial charge on any atom is 0.0795 e. The van der Waals surface area contributed by atoms with Crippen LogP contribution in [0.25, 0.3) is 6.08 Å². The van der Waals surface area contributed by atoms with Gasteiger partial charge in [0.15, 0.2) is 0 Å². The Kier molecular flexibility index (Phi) is 4.96. The van der Waals surface area contributed by atoms with Crippen molar-refractivity contribution in [1.29, 1.82) is 0 Å². The third-order valence-corrected chi connectivity index (χ3v) is 14.6. The summed E-state index contributed by atoms with van der Waals surface area (Å²) in [5.74, 6) is 4.58. The zero-order valence-electron chi connectivity index (χ0n) is 17.9. The molecule has 3 fully saturated rings. The molecule has 4 aliphatic rings. The Morgan fingerprint density at radius 2 is 1.79 bits per heavy atom. The number of benzene rings is 1. The van der Waals surface area contributed by atoms with Gasteiger partial charge in [0.05, 0.1) is 13.0 Å². The van der Waals surface area contributed by atoms with Gasteiger partial charge in [-0.1, -0.05) is 78.4 Å². The minimum absolute atomic E-state index is 0.534. The van der Waals surface area contributed by atoms with Crippen molar-refractivity contribution >= 4 is 30.1 Å². The minimum atomic E-state index is -1.49. The summed E-state index contributed by atoms with van der Waals surface area (Å²) in [6, 6.07) is 9.83. The van der Waals surface area contributed by atoms with E-state index >= 15 is 0 Å². The Labute approximate surface area is 180 Å². The lowest BCUT2D eigenvalue weighted by molar-refractivity contribution is 0.0598. The highest BCUT2D eigenvalue weighted by molar-refractivity contribution is 9.09. The minimum Gasteiger partial charge on any atom is -0.302 e. The van der Waals surface area contributed by atoms with E-state index in [0.717, 1.165) is 41.2 Å². The van der Waals surface area contributed by atoms with Crippen molar-refractivity contribution in [2.75, 3.05) is 0 Å². The number of fused-ring (bicyclic) bond motifs is 3. The van der Waals surface area contributed by atoms with Crippen LogP contribution in [0.1, 0.15) is 50.7 Å². The average Bonchev–Trinajstić information content (AvgIpc) is 3.23. The van der Waals surface area contributed by atoms with Gasteiger partial charge in [-0.25, -0.2) is 0 Å². The van der Waals surface area contributed by atoms with Crippen LogP contribution >= 0.6 is 15.9 Å². The lowest BCUT2D eigenvalue weighted by Gasteiger charge is -2.50. The van der Waals surface area contributed by atoms with Crippen LogP contribution in [0.5, 0.6) is 0 Å². The number of hydrogen-bond acceptors (Lipinski definition) is 1. The molecule has 1 aromatic rings. The summed E-state index contributed by atoms with van der Waals surface area (Å²) >= 11 is 3.87. The van der Waals surface area contributed by atoms with E-state index in [1.54, 1.807) is 5.56 Å². The van der Waals surface area contributed by atoms with Crippen LogP contribution in [0.15, 0.2) is 29.5 Å². The van der Waals surface area contributed by atoms with Gasteiger partial charge < -0.3 is 5.32 Å². The van der Waals surface area contributed by atoms with E-state index in [2.05, 4.69) is 78.5 Å². The molecule has 0 amide bonds. The third-order valence-electron chi connectivity index (χ3n) is 9.24. The first-order chi connectivity index (χ1) is 13.4. The molecule has 8 unspecified atom stereocenters. The number of rotatable bonds is 2. The Morgan fingerprint density at radius 3 is 2.57 bits per heavy atom. The molecule has 2 saturated carbocycles. The molecule has 8 atom stereocenters. The summed E-state index contributed by atoms with van der Waals surface area (Å²) in [4.78, 5) is 0.534. The molecule has 0 spiro atoms. The molecule has 1 saturated heterocycles. The summed E-state index contributed by atoms with van der Waals surface area (Å²) in [5.41, 5.74) is 4.00. The third kappa shape index (κ3) is 3.03. The molecule has 3 aliphatic carbocycles. The van der Waals surface area contributed by atoms with Crippen LogP contribution in [0.4, 0.5) is 0 Å². The van der Waals surface area contributed by atoms with Gasteiger partial charge in [-0.3, -0.25) is 0 Å². The van der Waals surface area contributed by atoms with Crippen molar-refractivity contribution in [3.8, 4) is 0 Å². The van der Waals surface area contributed by atoms with Gasteiger partial charge >= 0.3 is 0 Å². The average molecular weight is 459 g/mol. The van der Waals surface area contributed by atoms with Crippen molar-refractivity contribution in [3.05, 3.63) is 40.6 Å². The van der Waals surface area contributed by atoms with Gasteiger partial charge in [0.1, 0.15) is 0 Å². The number of alkyl halides is 1. The second-order valence-corrected chi connectivity index (χ2v) is 16.8. The highest BCUT2D eigenvalue weighted by Crippen LogP contribution is 2.61. The molecule has 1 aliphatic heterocycles. The van der Waals surface area contributed by atoms with Crippen molar-refractivity contribution < 1.29 is 0 Å². The quantitative estimate of drug-likeness (QED) is 0.297. The molecule has 5 rings (SSSR count). The lowest BCUT2D eigenvalue weighted by Crippen LogP contribution is -2.54. The predicted molar refractivity (Wildman–Crippen MR) is 126 cm³/mol. The predicted octanol–water partition coefficient (Wildman–Crippen LogP) is 6.65. The van der Waals surface area contributed by atoms with Gasteiger partial charge in [0.25, 0.3) is 0 Å². The fourth-order valence-electron chi connectivity index (χ4n) is 7.98. The summed E-state index contributed by atoms with van der Waals surface area (Å²) in [5, 5.41) is 5.77. The second kappa shape index (κ2) is 7.09. The molecule has 0 bridgehead atoms. The van der Waals surface area contributed by atoms with Gasteiger partial charge in [-0.05, 0) is 78.4 Å². The van der Waals surface area contributed by atoms with E-state index < -0.39 is 8.07 Å². The number of hydrogen-bond donors (Lipinski definition) is 1. The van der Waals surface area contributed by atoms with Gasteiger partial charge in [-0.2, -0.15) is 0 Å². The fourth-order valence-corrected chi connectivity index (χ4v) is 13.2. The largest absolute Gasteiger partial charge is 0.302 e. The van der Waals surface area contributed by atoms with Gasteiger partial charge in [0.2, 0.25) is 0 Å². The maximum atomic E-state index is 3.95. The highest BCUT2D eigenvalue weighted by Gasteiger charge is 2.56. The number of piperidine rings is 1. The smallest absolute Gasteiger partial charge is 0.0795 e. The van der Waals surface area contributed by atoms with E-state index in [1.165, 1.54) is 37.7 Å². The molecule has 1 nitrogen and oxygen atoms in total. The Bertz CT molecular complexity index is 785. The normalized spacial score (nSPS) is 42.5. The van der Waals surface area contributed by atoms with Crippen molar-refractivity contribution in [2.45, 2.75) is 75.6 Å². The first-order valence-electron chi connectivity index (χ1n) is 11.6. The van der Waals surface area contributed by atoms with Crippen LogP contribution in [0.2, 0.25) is 18.6 Å². The molecular weight excluding hydrogens is 422 g/mol. The molecule has 1 heterocycles. The molecule has 1 aromatic carbocycles. The summed E-state index contributed by atoms with van der Waals surface area (Å²) in [6.07, 6.45) is 9.43. The zero-order valence-corrected chi connectivity index (χ0v) is 20.5. The Hall–Kier alpha value is -0.383. The van der Waals surface area contributed by atoms with E-state index in [1.807, 2.05) is 5.20 Å². The van der Waals surface area contributed by atoms with Crippen LogP contribution in [0.3, 0.4) is 0 Å². The first-order valence-corrected chi connectivity index (χ1v) is 15.5. The fraction of sp³-hybridized carbons (Fsp3) is 0.680. The Balaban J connectivity index is 1.44. The second-order valence-electron chi connectivity index (χ2n) is 10.9. The van der Waals surface area contributed by atoms with Crippen molar-refractivity contribution in [2.24, 2.45) is 29.6 Å². The monoisotopic (exact) mass is 457 g/mol. The van der Waals surface area contributed by atoms with Crippen LogP contribution in [-0.2, 0) is 6.42 Å². The van der Waals surface area contributed by atoms with E-state index in [4.69, 9.17) is 0 Å². The first kappa shape index (κ1) is 19.6. The lowest BCUT2D eigenvalue weighted by atomic mass is 9.64. The summed E-state index contributed by atoms with van der Waals surface area (Å²) in [6.45, 7) is 10.6. The van der Waals surface area contributed by atoms with Crippen LogP contribution < -0.4 is 5.32 Å². The Morgan fingerprint density at radius 1 is 1.00 bits per heavy atom. The molecule has 0 aromatic heterocycles. The molecule has 1 N–H and O–H groups in total. The number of halogens is 1. The topological polar surface area (TPSA) is 12.0 Å².